The van der Waals surface area contributed by atoms with E-state index in [2.05, 4.69) is 136 Å². The minimum absolute atomic E-state index is 0.276. The van der Waals surface area contributed by atoms with Crippen LogP contribution in [0.3, 0.4) is 0 Å². The lowest BCUT2D eigenvalue weighted by atomic mass is 9.90. The van der Waals surface area contributed by atoms with Gasteiger partial charge in [0.25, 0.3) is 0 Å². The van der Waals surface area contributed by atoms with Crippen LogP contribution in [0.15, 0.2) is 60.2 Å². The summed E-state index contributed by atoms with van der Waals surface area (Å²) in [6, 6.07) is 13.7. The number of nitrogens with one attached hydrogen (secondary N) is 1. The maximum atomic E-state index is 13.2. The third-order valence-corrected chi connectivity index (χ3v) is 10.9. The van der Waals surface area contributed by atoms with Crippen LogP contribution >= 0.6 is 0 Å². The van der Waals surface area contributed by atoms with Crippen molar-refractivity contribution in [2.75, 3.05) is 6.54 Å². The van der Waals surface area contributed by atoms with Crippen molar-refractivity contribution in [2.45, 2.75) is 160 Å². The zero-order valence-corrected chi connectivity index (χ0v) is 35.5. The largest absolute Gasteiger partial charge is 0.314 e. The quantitative estimate of drug-likeness (QED) is 0.199. The van der Waals surface area contributed by atoms with E-state index in [9.17, 15) is 4.79 Å². The van der Waals surface area contributed by atoms with E-state index in [-0.39, 0.29) is 5.78 Å². The molecule has 1 N–H and O–H groups in total. The predicted molar refractivity (Wildman–Crippen MR) is 231 cm³/mol. The fraction of sp³-hybridized carbons (Fsp3) is 0.592. The Labute approximate surface area is 320 Å². The van der Waals surface area contributed by atoms with E-state index in [4.69, 9.17) is 4.98 Å². The molecule has 3 heteroatoms. The number of unbranched alkanes of at least 4 members (excludes halogenated alkanes) is 1. The average Bonchev–Trinajstić information content (AvgIpc) is 3.57. The Morgan fingerprint density at radius 2 is 1.75 bits per heavy atom. The van der Waals surface area contributed by atoms with Crippen molar-refractivity contribution in [3.63, 3.8) is 0 Å². The van der Waals surface area contributed by atoms with E-state index >= 15 is 0 Å². The number of rotatable bonds is 14. The third-order valence-electron chi connectivity index (χ3n) is 10.9. The van der Waals surface area contributed by atoms with Gasteiger partial charge in [-0.3, -0.25) is 9.78 Å². The molecule has 1 saturated heterocycles. The number of hydrogen-bond acceptors (Lipinski definition) is 3. The van der Waals surface area contributed by atoms with Crippen molar-refractivity contribution < 1.29 is 4.79 Å². The summed E-state index contributed by atoms with van der Waals surface area (Å²) in [6.07, 6.45) is 21.7. The van der Waals surface area contributed by atoms with Crippen LogP contribution in [0, 0.1) is 30.6 Å². The molecule has 0 bridgehead atoms. The number of carbonyl (C=O) groups is 1. The van der Waals surface area contributed by atoms with Crippen LogP contribution in [0.4, 0.5) is 0 Å². The summed E-state index contributed by atoms with van der Waals surface area (Å²) in [5.41, 5.74) is 7.87. The molecule has 0 amide bonds. The summed E-state index contributed by atoms with van der Waals surface area (Å²) in [4.78, 5) is 17.9. The Hall–Kier alpha value is -3.04. The van der Waals surface area contributed by atoms with E-state index in [0.717, 1.165) is 59.3 Å². The number of Topliss-reactive ketones (excluding diaryl/α,β-unsaturated/α-hetero) is 1. The molecular formula is C49H76N2O. The number of ketones is 1. The lowest BCUT2D eigenvalue weighted by Crippen LogP contribution is -2.29. The molecule has 288 valence electrons. The summed E-state index contributed by atoms with van der Waals surface area (Å²) in [6.45, 7) is 27.7. The van der Waals surface area contributed by atoms with Crippen LogP contribution in [-0.2, 0) is 4.79 Å². The summed E-state index contributed by atoms with van der Waals surface area (Å²) in [7, 11) is 0. The Bertz CT molecular complexity index is 1590. The van der Waals surface area contributed by atoms with Crippen LogP contribution in [0.1, 0.15) is 164 Å². The van der Waals surface area contributed by atoms with Crippen LogP contribution in [-0.4, -0.2) is 23.4 Å². The molecule has 0 radical (unpaired) electrons. The highest BCUT2D eigenvalue weighted by Crippen LogP contribution is 2.25. The Morgan fingerprint density at radius 1 is 1.00 bits per heavy atom. The highest BCUT2D eigenvalue weighted by molar-refractivity contribution is 6.03. The van der Waals surface area contributed by atoms with Crippen molar-refractivity contribution in [1.82, 2.24) is 10.3 Å². The number of aryl methyl sites for hydroxylation is 1. The van der Waals surface area contributed by atoms with Gasteiger partial charge in [0.1, 0.15) is 0 Å². The van der Waals surface area contributed by atoms with Gasteiger partial charge >= 0.3 is 0 Å². The molecule has 52 heavy (non-hydrogen) atoms. The van der Waals surface area contributed by atoms with Gasteiger partial charge < -0.3 is 5.32 Å². The lowest BCUT2D eigenvalue weighted by Gasteiger charge is -2.16. The molecule has 0 spiro atoms. The number of hydrogen-bond donors (Lipinski definition) is 1. The van der Waals surface area contributed by atoms with Crippen LogP contribution in [0.25, 0.3) is 22.8 Å². The number of pyridine rings is 1. The summed E-state index contributed by atoms with van der Waals surface area (Å²) in [5, 5.41) is 5.96. The molecule has 2 aromatic rings. The van der Waals surface area contributed by atoms with Crippen LogP contribution in [0.2, 0.25) is 0 Å². The third kappa shape index (κ3) is 15.5. The minimum atomic E-state index is 0.276. The molecule has 2 heterocycles. The minimum Gasteiger partial charge on any atom is -0.314 e. The smallest absolute Gasteiger partial charge is 0.162 e. The van der Waals surface area contributed by atoms with Gasteiger partial charge in [-0.15, -0.1) is 0 Å². The Kier molecular flexibility index (Phi) is 21.1. The van der Waals surface area contributed by atoms with E-state index in [1.54, 1.807) is 0 Å². The highest BCUT2D eigenvalue weighted by Gasteiger charge is 2.23. The molecular weight excluding hydrogens is 633 g/mol. The summed E-state index contributed by atoms with van der Waals surface area (Å²) < 4.78 is 0. The molecule has 0 saturated carbocycles. The van der Waals surface area contributed by atoms with Crippen molar-refractivity contribution in [2.24, 2.45) is 23.7 Å². The van der Waals surface area contributed by atoms with Gasteiger partial charge in [-0.05, 0) is 141 Å². The number of benzene rings is 1. The standard InChI is InChI=1S/C32H41NO.C9H19N.C8H16/c1-8-21(2)11-9-14-32(34)29-18-22(3)17-23(4)30-16-15-27(19-28(30)20-29)25(6)26(7)31-13-10-12-24(5)33-31;1-3-5-9-8(4-2)6-7-10-9;1-4-5-6-7-8(2)3/h10,12-13,15-16,18-22H,8-9,11,14,17H2,1-7H3;8-10H,3-7H2,1-2H3;6-8H,4-5H2,1-3H3/b26-25-,28-20-,29-18+,30-23+;;7-6-. The number of allylic oxidation sites excluding steroid dienone is 6. The first-order valence-electron chi connectivity index (χ1n) is 20.9. The molecule has 3 nitrogen and oxygen atoms in total. The maximum absolute atomic E-state index is 13.2. The zero-order valence-electron chi connectivity index (χ0n) is 35.5. The molecule has 2 aliphatic rings. The monoisotopic (exact) mass is 709 g/mol. The van der Waals surface area contributed by atoms with Gasteiger partial charge in [-0.2, -0.15) is 0 Å². The van der Waals surface area contributed by atoms with E-state index in [1.165, 1.54) is 79.0 Å². The first-order chi connectivity index (χ1) is 24.8. The van der Waals surface area contributed by atoms with Gasteiger partial charge in [0.15, 0.2) is 5.78 Å². The number of aromatic nitrogens is 1. The summed E-state index contributed by atoms with van der Waals surface area (Å²) in [5.74, 6) is 3.01. The maximum Gasteiger partial charge on any atom is 0.162 e. The van der Waals surface area contributed by atoms with Crippen molar-refractivity contribution >= 4 is 28.6 Å². The van der Waals surface area contributed by atoms with Crippen molar-refractivity contribution in [1.29, 1.82) is 0 Å². The second kappa shape index (κ2) is 24.3. The molecule has 1 fully saturated rings. The van der Waals surface area contributed by atoms with Gasteiger partial charge in [0, 0.05) is 23.7 Å². The van der Waals surface area contributed by atoms with Crippen molar-refractivity contribution in [3.8, 4) is 0 Å². The average molecular weight is 709 g/mol. The first kappa shape index (κ1) is 45.1. The highest BCUT2D eigenvalue weighted by atomic mass is 16.1. The first-order valence-corrected chi connectivity index (χ1v) is 20.9. The van der Waals surface area contributed by atoms with E-state index in [1.807, 2.05) is 13.0 Å². The van der Waals surface area contributed by atoms with Crippen LogP contribution in [0.5, 0.6) is 0 Å². The van der Waals surface area contributed by atoms with Crippen molar-refractivity contribution in [3.05, 3.63) is 87.6 Å². The van der Waals surface area contributed by atoms with E-state index < -0.39 is 0 Å². The summed E-state index contributed by atoms with van der Waals surface area (Å²) >= 11 is 0. The number of fused-ring (bicyclic) bond motifs is 1. The fourth-order valence-corrected chi connectivity index (χ4v) is 7.27. The van der Waals surface area contributed by atoms with Gasteiger partial charge in [-0.25, -0.2) is 0 Å². The predicted octanol–water partition coefficient (Wildman–Crippen LogP) is 12.2. The number of carbonyl (C=O) groups excluding carboxylic acids is 1. The Balaban J connectivity index is 0.000000424. The topological polar surface area (TPSA) is 42.0 Å². The Morgan fingerprint density at radius 3 is 2.38 bits per heavy atom. The second-order valence-electron chi connectivity index (χ2n) is 16.0. The molecule has 4 rings (SSSR count). The molecule has 1 aromatic carbocycles. The number of nitrogens with zero attached hydrogens (tertiary/aromatic N) is 1. The molecule has 4 atom stereocenters. The molecule has 1 aliphatic carbocycles. The molecule has 4 unspecified atom stereocenters. The SMILES string of the molecule is CCC(C)CCCC(=O)C1=C\C(C)C\C(C)=c2/ccc(/C(C)=C(/C)c3cccc(C)n3)c/c2=C/1.CCC/C=C\C(C)C.CCCC1NCCC1CC. The van der Waals surface area contributed by atoms with Crippen LogP contribution < -0.4 is 15.8 Å². The lowest BCUT2D eigenvalue weighted by molar-refractivity contribution is -0.115. The molecule has 1 aromatic heterocycles. The van der Waals surface area contributed by atoms with Gasteiger partial charge in [-0.1, -0.05) is 129 Å². The molecule has 1 aliphatic heterocycles. The zero-order chi connectivity index (χ0) is 38.6. The van der Waals surface area contributed by atoms with Gasteiger partial charge in [0.05, 0.1) is 5.69 Å². The second-order valence-corrected chi connectivity index (χ2v) is 16.0. The van der Waals surface area contributed by atoms with Gasteiger partial charge in [0.2, 0.25) is 0 Å². The fourth-order valence-electron chi connectivity index (χ4n) is 7.27. The normalized spacial score (nSPS) is 22.3. The van der Waals surface area contributed by atoms with E-state index in [0.29, 0.717) is 18.3 Å².